The molecule has 11 heteroatoms. The van der Waals surface area contributed by atoms with Gasteiger partial charge in [0.15, 0.2) is 0 Å². The van der Waals surface area contributed by atoms with Gasteiger partial charge in [-0.25, -0.2) is 32.2 Å². The maximum Gasteiger partial charge on any atom is 0.262 e. The summed E-state index contributed by atoms with van der Waals surface area (Å²) in [6, 6.07) is 7.84. The van der Waals surface area contributed by atoms with Gasteiger partial charge in [0, 0.05) is 38.4 Å². The van der Waals surface area contributed by atoms with Crippen LogP contribution in [0.3, 0.4) is 0 Å². The van der Waals surface area contributed by atoms with Crippen molar-refractivity contribution in [3.05, 3.63) is 66.6 Å². The van der Waals surface area contributed by atoms with Gasteiger partial charge in [-0.15, -0.1) is 0 Å². The Labute approximate surface area is 172 Å². The molecule has 1 fully saturated rings. The molecule has 0 aliphatic carbocycles. The van der Waals surface area contributed by atoms with Crippen molar-refractivity contribution in [2.75, 3.05) is 40.7 Å². The SMILES string of the molecule is O=S(=O)(Nc1cnc(N2CCN(c3ccccn3)CC2)nc1)c1cc(F)cc(F)c1. The van der Waals surface area contributed by atoms with Crippen LogP contribution in [-0.2, 0) is 10.0 Å². The molecule has 2 aromatic heterocycles. The van der Waals surface area contributed by atoms with Gasteiger partial charge >= 0.3 is 0 Å². The van der Waals surface area contributed by atoms with E-state index in [-0.39, 0.29) is 5.69 Å². The zero-order valence-electron chi connectivity index (χ0n) is 15.7. The van der Waals surface area contributed by atoms with Gasteiger partial charge < -0.3 is 9.80 Å². The smallest absolute Gasteiger partial charge is 0.262 e. The number of anilines is 3. The van der Waals surface area contributed by atoms with Crippen molar-refractivity contribution in [2.45, 2.75) is 4.90 Å². The quantitative estimate of drug-likeness (QED) is 0.661. The van der Waals surface area contributed by atoms with Gasteiger partial charge in [-0.3, -0.25) is 4.72 Å². The first-order valence-electron chi connectivity index (χ1n) is 9.13. The maximum atomic E-state index is 13.3. The molecule has 0 bridgehead atoms. The van der Waals surface area contributed by atoms with Crippen LogP contribution in [0.15, 0.2) is 59.9 Å². The molecule has 156 valence electrons. The fourth-order valence-electron chi connectivity index (χ4n) is 3.11. The number of rotatable bonds is 5. The largest absolute Gasteiger partial charge is 0.353 e. The highest BCUT2D eigenvalue weighted by atomic mass is 32.2. The highest BCUT2D eigenvalue weighted by Crippen LogP contribution is 2.20. The second-order valence-corrected chi connectivity index (χ2v) is 8.33. The maximum absolute atomic E-state index is 13.3. The number of halogens is 2. The van der Waals surface area contributed by atoms with Gasteiger partial charge in [-0.05, 0) is 24.3 Å². The molecule has 8 nitrogen and oxygen atoms in total. The predicted octanol–water partition coefficient (Wildman–Crippen LogP) is 2.28. The summed E-state index contributed by atoms with van der Waals surface area (Å²) in [6.45, 7) is 2.87. The molecule has 0 saturated carbocycles. The zero-order valence-corrected chi connectivity index (χ0v) is 16.6. The van der Waals surface area contributed by atoms with E-state index in [2.05, 4.69) is 24.6 Å². The van der Waals surface area contributed by atoms with Crippen molar-refractivity contribution in [1.82, 2.24) is 15.0 Å². The molecular formula is C19H18F2N6O2S. The summed E-state index contributed by atoms with van der Waals surface area (Å²) in [5.41, 5.74) is 0.0931. The summed E-state index contributed by atoms with van der Waals surface area (Å²) in [5.74, 6) is -0.578. The highest BCUT2D eigenvalue weighted by Gasteiger charge is 2.21. The lowest BCUT2D eigenvalue weighted by Crippen LogP contribution is -2.47. The van der Waals surface area contributed by atoms with Gasteiger partial charge in [0.2, 0.25) is 5.95 Å². The van der Waals surface area contributed by atoms with Crippen molar-refractivity contribution < 1.29 is 17.2 Å². The van der Waals surface area contributed by atoms with E-state index in [0.29, 0.717) is 25.1 Å². The summed E-state index contributed by atoms with van der Waals surface area (Å²) < 4.78 is 53.6. The third-order valence-electron chi connectivity index (χ3n) is 4.57. The number of nitrogens with one attached hydrogen (secondary N) is 1. The highest BCUT2D eigenvalue weighted by molar-refractivity contribution is 7.92. The Morgan fingerprint density at radius 3 is 2.10 bits per heavy atom. The molecule has 3 aromatic rings. The minimum Gasteiger partial charge on any atom is -0.353 e. The number of hydrogen-bond acceptors (Lipinski definition) is 7. The number of sulfonamides is 1. The number of pyridine rings is 1. The molecule has 0 spiro atoms. The van der Waals surface area contributed by atoms with Crippen LogP contribution in [0.5, 0.6) is 0 Å². The van der Waals surface area contributed by atoms with Gasteiger partial charge in [-0.1, -0.05) is 6.07 Å². The van der Waals surface area contributed by atoms with Crippen molar-refractivity contribution >= 4 is 27.5 Å². The lowest BCUT2D eigenvalue weighted by Gasteiger charge is -2.35. The van der Waals surface area contributed by atoms with Gasteiger partial charge in [-0.2, -0.15) is 0 Å². The molecule has 4 rings (SSSR count). The Bertz CT molecular complexity index is 1100. The van der Waals surface area contributed by atoms with Crippen molar-refractivity contribution in [2.24, 2.45) is 0 Å². The van der Waals surface area contributed by atoms with Crippen molar-refractivity contribution in [3.8, 4) is 0 Å². The van der Waals surface area contributed by atoms with E-state index in [4.69, 9.17) is 0 Å². The minimum absolute atomic E-state index is 0.0931. The van der Waals surface area contributed by atoms with Crippen LogP contribution < -0.4 is 14.5 Å². The van der Waals surface area contributed by atoms with Gasteiger partial charge in [0.1, 0.15) is 17.5 Å². The first-order valence-corrected chi connectivity index (χ1v) is 10.6. The third kappa shape index (κ3) is 4.46. The van der Waals surface area contributed by atoms with Crippen LogP contribution in [0, 0.1) is 11.6 Å². The second-order valence-electron chi connectivity index (χ2n) is 6.64. The first-order chi connectivity index (χ1) is 14.4. The average molecular weight is 432 g/mol. The van der Waals surface area contributed by atoms with Crippen LogP contribution in [-0.4, -0.2) is 49.5 Å². The molecule has 1 aromatic carbocycles. The zero-order chi connectivity index (χ0) is 21.1. The predicted molar refractivity (Wildman–Crippen MR) is 108 cm³/mol. The molecule has 30 heavy (non-hydrogen) atoms. The van der Waals surface area contributed by atoms with Crippen LogP contribution in [0.2, 0.25) is 0 Å². The molecule has 0 amide bonds. The van der Waals surface area contributed by atoms with Crippen LogP contribution in [0.25, 0.3) is 0 Å². The summed E-state index contributed by atoms with van der Waals surface area (Å²) in [7, 11) is -4.17. The lowest BCUT2D eigenvalue weighted by molar-refractivity contribution is 0.568. The fraction of sp³-hybridized carbons (Fsp3) is 0.211. The number of benzene rings is 1. The molecule has 1 aliphatic heterocycles. The van der Waals surface area contributed by atoms with Crippen LogP contribution in [0.4, 0.5) is 26.2 Å². The minimum atomic E-state index is -4.17. The van der Waals surface area contributed by atoms with E-state index < -0.39 is 26.6 Å². The summed E-state index contributed by atoms with van der Waals surface area (Å²) in [6.07, 6.45) is 4.39. The first kappa shape index (κ1) is 20.0. The van der Waals surface area contributed by atoms with E-state index in [1.807, 2.05) is 23.1 Å². The third-order valence-corrected chi connectivity index (χ3v) is 5.93. The Kier molecular flexibility index (Phi) is 5.44. The van der Waals surface area contributed by atoms with E-state index in [1.165, 1.54) is 12.4 Å². The van der Waals surface area contributed by atoms with E-state index in [1.54, 1.807) is 6.20 Å². The Hall–Kier alpha value is -3.34. The molecule has 0 unspecified atom stereocenters. The number of aromatic nitrogens is 3. The van der Waals surface area contributed by atoms with E-state index >= 15 is 0 Å². The molecule has 0 radical (unpaired) electrons. The Balaban J connectivity index is 1.41. The molecule has 3 heterocycles. The van der Waals surface area contributed by atoms with Crippen LogP contribution in [0.1, 0.15) is 0 Å². The summed E-state index contributed by atoms with van der Waals surface area (Å²) in [5, 5.41) is 0. The molecular weight excluding hydrogens is 414 g/mol. The van der Waals surface area contributed by atoms with E-state index in [9.17, 15) is 17.2 Å². The molecule has 0 atom stereocenters. The van der Waals surface area contributed by atoms with Gasteiger partial charge in [0.25, 0.3) is 10.0 Å². The lowest BCUT2D eigenvalue weighted by atomic mass is 10.3. The second kappa shape index (κ2) is 8.19. The summed E-state index contributed by atoms with van der Waals surface area (Å²) >= 11 is 0. The van der Waals surface area contributed by atoms with Crippen molar-refractivity contribution in [1.29, 1.82) is 0 Å². The standard InChI is InChI=1S/C19H18F2N6O2S/c20-14-9-15(21)11-17(10-14)30(28,29)25-16-12-23-19(24-13-16)27-7-5-26(6-8-27)18-3-1-2-4-22-18/h1-4,9-13,25H,5-8H2. The molecule has 1 saturated heterocycles. The normalized spacial score (nSPS) is 14.6. The Morgan fingerprint density at radius 1 is 0.867 bits per heavy atom. The van der Waals surface area contributed by atoms with Crippen molar-refractivity contribution in [3.63, 3.8) is 0 Å². The summed E-state index contributed by atoms with van der Waals surface area (Å²) in [4.78, 5) is 16.4. The molecule has 1 aliphatic rings. The number of hydrogen-bond donors (Lipinski definition) is 1. The van der Waals surface area contributed by atoms with Crippen LogP contribution >= 0.6 is 0 Å². The monoisotopic (exact) mass is 432 g/mol. The fourth-order valence-corrected chi connectivity index (χ4v) is 4.18. The Morgan fingerprint density at radius 2 is 1.50 bits per heavy atom. The number of nitrogens with zero attached hydrogens (tertiary/aromatic N) is 5. The number of piperazine rings is 1. The molecule has 1 N–H and O–H groups in total. The van der Waals surface area contributed by atoms with Gasteiger partial charge in [0.05, 0.1) is 23.0 Å². The topological polar surface area (TPSA) is 91.3 Å². The van der Waals surface area contributed by atoms with E-state index in [0.717, 1.165) is 31.0 Å². The average Bonchev–Trinajstić information content (AvgIpc) is 2.74.